The highest BCUT2D eigenvalue weighted by atomic mass is 16.6. The second kappa shape index (κ2) is 5.92. The molecule has 0 fully saturated rings. The van der Waals surface area contributed by atoms with Gasteiger partial charge < -0.3 is 15.2 Å². The first kappa shape index (κ1) is 13.7. The number of benzene rings is 2. The Morgan fingerprint density at radius 1 is 1.25 bits per heavy atom. The number of phenols is 1. The topological polar surface area (TPSA) is 84.6 Å². The van der Waals surface area contributed by atoms with Crippen LogP contribution in [0.2, 0.25) is 0 Å². The summed E-state index contributed by atoms with van der Waals surface area (Å²) in [7, 11) is 1.51. The van der Waals surface area contributed by atoms with Crippen molar-refractivity contribution in [1.82, 2.24) is 0 Å². The molecular formula is C14H14N2O4. The van der Waals surface area contributed by atoms with Crippen LogP contribution in [0.3, 0.4) is 0 Å². The van der Waals surface area contributed by atoms with Crippen LogP contribution in [-0.4, -0.2) is 17.1 Å². The van der Waals surface area contributed by atoms with Gasteiger partial charge in [-0.05, 0) is 23.8 Å². The molecule has 0 aliphatic heterocycles. The Bertz CT molecular complexity index is 611. The lowest BCUT2D eigenvalue weighted by atomic mass is 10.2. The molecule has 2 rings (SSSR count). The van der Waals surface area contributed by atoms with Crippen LogP contribution in [0, 0.1) is 10.1 Å². The lowest BCUT2D eigenvalue weighted by molar-refractivity contribution is -0.384. The molecule has 2 aromatic carbocycles. The Labute approximate surface area is 115 Å². The van der Waals surface area contributed by atoms with Gasteiger partial charge in [-0.2, -0.15) is 0 Å². The van der Waals surface area contributed by atoms with Gasteiger partial charge in [0.2, 0.25) is 0 Å². The fraction of sp³-hybridized carbons (Fsp3) is 0.143. The lowest BCUT2D eigenvalue weighted by Crippen LogP contribution is -2.02. The standard InChI is InChI=1S/C14H14N2O4/c1-20-14-7-4-11(16(18)19)8-13(14)15-9-10-2-5-12(17)6-3-10/h2-8,15,17H,9H2,1H3. The molecule has 0 saturated carbocycles. The number of nitro benzene ring substituents is 1. The number of hydrogen-bond acceptors (Lipinski definition) is 5. The average Bonchev–Trinajstić information content (AvgIpc) is 2.46. The first-order valence-electron chi connectivity index (χ1n) is 5.94. The summed E-state index contributed by atoms with van der Waals surface area (Å²) < 4.78 is 5.16. The van der Waals surface area contributed by atoms with Crippen molar-refractivity contribution in [1.29, 1.82) is 0 Å². The highest BCUT2D eigenvalue weighted by molar-refractivity contribution is 5.61. The monoisotopic (exact) mass is 274 g/mol. The van der Waals surface area contributed by atoms with Gasteiger partial charge in [0.25, 0.3) is 5.69 Å². The zero-order valence-electron chi connectivity index (χ0n) is 10.9. The van der Waals surface area contributed by atoms with E-state index in [2.05, 4.69) is 5.32 Å². The second-order valence-corrected chi connectivity index (χ2v) is 4.16. The third-order valence-corrected chi connectivity index (χ3v) is 2.81. The predicted octanol–water partition coefficient (Wildman–Crippen LogP) is 2.92. The van der Waals surface area contributed by atoms with Gasteiger partial charge in [0.1, 0.15) is 11.5 Å². The number of aromatic hydroxyl groups is 1. The van der Waals surface area contributed by atoms with E-state index in [1.54, 1.807) is 30.3 Å². The molecule has 0 heterocycles. The van der Waals surface area contributed by atoms with Gasteiger partial charge >= 0.3 is 0 Å². The Balaban J connectivity index is 2.16. The number of hydrogen-bond donors (Lipinski definition) is 2. The maximum absolute atomic E-state index is 10.8. The van der Waals surface area contributed by atoms with Crippen LogP contribution < -0.4 is 10.1 Å². The highest BCUT2D eigenvalue weighted by Gasteiger charge is 2.11. The Morgan fingerprint density at radius 3 is 2.55 bits per heavy atom. The van der Waals surface area contributed by atoms with Crippen LogP contribution in [0.5, 0.6) is 11.5 Å². The number of anilines is 1. The number of phenolic OH excluding ortho intramolecular Hbond substituents is 1. The predicted molar refractivity (Wildman–Crippen MR) is 75.1 cm³/mol. The van der Waals surface area contributed by atoms with Gasteiger partial charge in [0.05, 0.1) is 17.7 Å². The number of nitrogens with zero attached hydrogens (tertiary/aromatic N) is 1. The van der Waals surface area contributed by atoms with Crippen molar-refractivity contribution in [2.24, 2.45) is 0 Å². The third-order valence-electron chi connectivity index (χ3n) is 2.81. The Kier molecular flexibility index (Phi) is 4.05. The van der Waals surface area contributed by atoms with Crippen LogP contribution in [0.1, 0.15) is 5.56 Å². The van der Waals surface area contributed by atoms with E-state index in [0.29, 0.717) is 18.0 Å². The maximum atomic E-state index is 10.8. The number of methoxy groups -OCH3 is 1. The Hall–Kier alpha value is -2.76. The molecule has 0 saturated heterocycles. The number of rotatable bonds is 5. The first-order chi connectivity index (χ1) is 9.60. The molecule has 2 aromatic rings. The smallest absolute Gasteiger partial charge is 0.271 e. The summed E-state index contributed by atoms with van der Waals surface area (Å²) in [5.74, 6) is 0.732. The van der Waals surface area contributed by atoms with Crippen LogP contribution in [0.4, 0.5) is 11.4 Å². The maximum Gasteiger partial charge on any atom is 0.271 e. The van der Waals surface area contributed by atoms with Crippen molar-refractivity contribution < 1.29 is 14.8 Å². The molecule has 0 amide bonds. The molecule has 0 aliphatic carbocycles. The first-order valence-corrected chi connectivity index (χ1v) is 5.94. The Morgan fingerprint density at radius 2 is 1.95 bits per heavy atom. The summed E-state index contributed by atoms with van der Waals surface area (Å²) in [6, 6.07) is 11.1. The molecule has 6 heteroatoms. The average molecular weight is 274 g/mol. The van der Waals surface area contributed by atoms with Gasteiger partial charge in [-0.3, -0.25) is 10.1 Å². The van der Waals surface area contributed by atoms with E-state index < -0.39 is 4.92 Å². The van der Waals surface area contributed by atoms with Crippen LogP contribution in [0.15, 0.2) is 42.5 Å². The zero-order valence-corrected chi connectivity index (χ0v) is 10.9. The van der Waals surface area contributed by atoms with E-state index in [4.69, 9.17) is 4.74 Å². The number of ether oxygens (including phenoxy) is 1. The third kappa shape index (κ3) is 3.17. The largest absolute Gasteiger partial charge is 0.508 e. The summed E-state index contributed by atoms with van der Waals surface area (Å²) in [6.45, 7) is 0.470. The molecule has 0 atom stereocenters. The molecule has 20 heavy (non-hydrogen) atoms. The highest BCUT2D eigenvalue weighted by Crippen LogP contribution is 2.29. The fourth-order valence-corrected chi connectivity index (χ4v) is 1.76. The van der Waals surface area contributed by atoms with Crippen LogP contribution in [-0.2, 0) is 6.54 Å². The summed E-state index contributed by atoms with van der Waals surface area (Å²) >= 11 is 0. The van der Waals surface area contributed by atoms with Gasteiger partial charge in [-0.15, -0.1) is 0 Å². The van der Waals surface area contributed by atoms with Gasteiger partial charge in [-0.25, -0.2) is 0 Å². The van der Waals surface area contributed by atoms with Gasteiger partial charge in [0, 0.05) is 18.7 Å². The van der Waals surface area contributed by atoms with Crippen molar-refractivity contribution in [2.75, 3.05) is 12.4 Å². The number of nitrogens with one attached hydrogen (secondary N) is 1. The minimum atomic E-state index is -0.453. The van der Waals surface area contributed by atoms with Crippen molar-refractivity contribution in [3.05, 3.63) is 58.1 Å². The molecule has 6 nitrogen and oxygen atoms in total. The van der Waals surface area contributed by atoms with Crippen molar-refractivity contribution in [3.8, 4) is 11.5 Å². The van der Waals surface area contributed by atoms with Gasteiger partial charge in [-0.1, -0.05) is 12.1 Å². The molecule has 0 unspecified atom stereocenters. The molecule has 0 aliphatic rings. The summed E-state index contributed by atoms with van der Waals surface area (Å²) in [6.07, 6.45) is 0. The van der Waals surface area contributed by atoms with E-state index in [1.807, 2.05) is 0 Å². The van der Waals surface area contributed by atoms with Crippen molar-refractivity contribution in [2.45, 2.75) is 6.54 Å². The second-order valence-electron chi connectivity index (χ2n) is 4.16. The molecular weight excluding hydrogens is 260 g/mol. The van der Waals surface area contributed by atoms with E-state index in [-0.39, 0.29) is 11.4 Å². The molecule has 0 spiro atoms. The minimum absolute atomic E-state index is 0.000920. The van der Waals surface area contributed by atoms with E-state index in [0.717, 1.165) is 5.56 Å². The minimum Gasteiger partial charge on any atom is -0.508 e. The summed E-state index contributed by atoms with van der Waals surface area (Å²) in [4.78, 5) is 10.3. The van der Waals surface area contributed by atoms with Crippen LogP contribution >= 0.6 is 0 Å². The van der Waals surface area contributed by atoms with Crippen LogP contribution in [0.25, 0.3) is 0 Å². The molecule has 2 N–H and O–H groups in total. The summed E-state index contributed by atoms with van der Waals surface area (Å²) in [5, 5.41) is 23.1. The number of nitro groups is 1. The van der Waals surface area contributed by atoms with Crippen molar-refractivity contribution in [3.63, 3.8) is 0 Å². The lowest BCUT2D eigenvalue weighted by Gasteiger charge is -2.11. The quantitative estimate of drug-likeness (QED) is 0.646. The zero-order chi connectivity index (χ0) is 14.5. The van der Waals surface area contributed by atoms with Crippen molar-refractivity contribution >= 4 is 11.4 Å². The normalized spacial score (nSPS) is 10.1. The molecule has 0 radical (unpaired) electrons. The fourth-order valence-electron chi connectivity index (χ4n) is 1.76. The SMILES string of the molecule is COc1ccc([N+](=O)[O-])cc1NCc1ccc(O)cc1. The molecule has 104 valence electrons. The number of non-ortho nitro benzene ring substituents is 1. The van der Waals surface area contributed by atoms with E-state index in [1.165, 1.54) is 19.2 Å². The summed E-state index contributed by atoms with van der Waals surface area (Å²) in [5.41, 5.74) is 1.49. The van der Waals surface area contributed by atoms with Gasteiger partial charge in [0.15, 0.2) is 0 Å². The van der Waals surface area contributed by atoms with E-state index in [9.17, 15) is 15.2 Å². The molecule has 0 aromatic heterocycles. The van der Waals surface area contributed by atoms with E-state index >= 15 is 0 Å². The molecule has 0 bridgehead atoms.